The van der Waals surface area contributed by atoms with Gasteiger partial charge in [0.2, 0.25) is 0 Å². The van der Waals surface area contributed by atoms with Crippen LogP contribution in [0.2, 0.25) is 0 Å². The normalized spacial score (nSPS) is 10.8. The summed E-state index contributed by atoms with van der Waals surface area (Å²) < 4.78 is 60.3. The number of carbonyl (C=O) groups excluding carboxylic acids is 1. The number of aliphatic hydroxyl groups is 2. The molecule has 0 saturated heterocycles. The van der Waals surface area contributed by atoms with Crippen LogP contribution in [-0.2, 0) is 19.4 Å². The number of fused-ring (bicyclic) bond motifs is 3. The highest BCUT2D eigenvalue weighted by atomic mass is 79.9. The number of aromatic hydroxyl groups is 4. The monoisotopic (exact) mass is 1530 g/mol. The van der Waals surface area contributed by atoms with Crippen molar-refractivity contribution in [2.75, 3.05) is 14.2 Å². The van der Waals surface area contributed by atoms with Gasteiger partial charge in [0.25, 0.3) is 16.7 Å². The van der Waals surface area contributed by atoms with Crippen LogP contribution < -0.4 is 30.9 Å². The van der Waals surface area contributed by atoms with Gasteiger partial charge in [-0.2, -0.15) is 13.2 Å². The number of phenols is 4. The number of hydrogen-bond donors (Lipinski definition) is 6. The van der Waals surface area contributed by atoms with Crippen molar-refractivity contribution in [3.05, 3.63) is 219 Å². The van der Waals surface area contributed by atoms with Crippen LogP contribution in [0.5, 0.6) is 40.2 Å². The van der Waals surface area contributed by atoms with Gasteiger partial charge in [-0.3, -0.25) is 28.1 Å². The number of esters is 1. The molecule has 3 heterocycles. The van der Waals surface area contributed by atoms with Gasteiger partial charge in [-0.25, -0.2) is 4.79 Å². The van der Waals surface area contributed by atoms with Crippen molar-refractivity contribution in [3.63, 3.8) is 0 Å². The van der Waals surface area contributed by atoms with E-state index >= 15 is 0 Å². The molecule has 10 aromatic rings. The molecule has 17 nitrogen and oxygen atoms in total. The Balaban J connectivity index is 0.000000202. The number of hydrogen-bond acceptors (Lipinski definition) is 13. The van der Waals surface area contributed by atoms with Crippen molar-refractivity contribution in [2.45, 2.75) is 19.4 Å². The summed E-state index contributed by atoms with van der Waals surface area (Å²) in [6, 6.07) is 31.9. The lowest BCUT2D eigenvalue weighted by atomic mass is 10.1. The van der Waals surface area contributed by atoms with Crippen LogP contribution in [0.3, 0.4) is 0 Å². The van der Waals surface area contributed by atoms with Crippen LogP contribution in [0.25, 0.3) is 49.4 Å². The van der Waals surface area contributed by atoms with E-state index < -0.39 is 29.9 Å². The smallest absolute Gasteiger partial charge is 0.416 e. The highest BCUT2D eigenvalue weighted by Gasteiger charge is 2.30. The van der Waals surface area contributed by atoms with E-state index in [0.29, 0.717) is 69.3 Å². The minimum absolute atomic E-state index is 0. The Bertz CT molecular complexity index is 4210. The summed E-state index contributed by atoms with van der Waals surface area (Å²) in [7, 11) is 3.09. The molecule has 3 aromatic heterocycles. The van der Waals surface area contributed by atoms with Gasteiger partial charge in [-0.15, -0.1) is 47.3 Å². The van der Waals surface area contributed by atoms with Gasteiger partial charge < -0.3 is 50.3 Å². The van der Waals surface area contributed by atoms with Crippen molar-refractivity contribution in [2.24, 2.45) is 0 Å². The SMILES string of the molecule is BrB(Br)Br.COc1ccc(-n2cc(Br)c3cc(CO)cc(OC(=O)c4ccc(C(F)(F)F)cc4)c3c2=O)cc1.COc1ccc(-n2cc(Br)c3cc(O)cc(O)c3c2=O)cc1.O.O=c1c2c(O)cc(CO)cc2c(Br)cn1-c1ccc(O)cc1. The number of phenolic OH excluding ortho intramolecular Hbond substituents is 4. The maximum Gasteiger partial charge on any atom is 0.416 e. The lowest BCUT2D eigenvalue weighted by Gasteiger charge is -2.14. The molecular formula is C57H43BBr6F3N3O14. The van der Waals surface area contributed by atoms with E-state index in [1.54, 1.807) is 98.5 Å². The first-order valence-corrected chi connectivity index (χ1v) is 28.8. The first kappa shape index (κ1) is 66.2. The average molecular weight is 1540 g/mol. The third-order valence-electron chi connectivity index (χ3n) is 12.1. The number of methoxy groups -OCH3 is 2. The Hall–Kier alpha value is -6.95. The molecule has 0 saturated carbocycles. The minimum Gasteiger partial charge on any atom is -0.508 e. The van der Waals surface area contributed by atoms with E-state index in [1.807, 2.05) is 0 Å². The van der Waals surface area contributed by atoms with Crippen LogP contribution in [0.15, 0.2) is 180 Å². The summed E-state index contributed by atoms with van der Waals surface area (Å²) in [5.74, 6) is -0.247. The molecule has 84 heavy (non-hydrogen) atoms. The molecule has 27 heteroatoms. The number of alkyl halides is 3. The minimum atomic E-state index is -4.55. The number of benzene rings is 7. The fraction of sp³-hybridized carbons (Fsp3) is 0.0877. The zero-order valence-corrected chi connectivity index (χ0v) is 52.7. The largest absolute Gasteiger partial charge is 0.508 e. The zero-order valence-electron chi connectivity index (χ0n) is 43.2. The molecule has 0 unspecified atom stereocenters. The lowest BCUT2D eigenvalue weighted by molar-refractivity contribution is -0.137. The molecule has 10 rings (SSSR count). The van der Waals surface area contributed by atoms with Crippen molar-refractivity contribution < 1.29 is 68.3 Å². The van der Waals surface area contributed by atoms with Crippen LogP contribution in [0, 0.1) is 0 Å². The van der Waals surface area contributed by atoms with E-state index in [-0.39, 0.29) is 76.9 Å². The molecular weight excluding hydrogens is 1500 g/mol. The van der Waals surface area contributed by atoms with E-state index in [1.165, 1.54) is 51.1 Å². The highest BCUT2D eigenvalue weighted by molar-refractivity contribution is 9.69. The molecule has 0 bridgehead atoms. The zero-order chi connectivity index (χ0) is 60.6. The number of ether oxygens (including phenoxy) is 3. The van der Waals surface area contributed by atoms with Gasteiger partial charge >= 0.3 is 15.3 Å². The van der Waals surface area contributed by atoms with E-state index in [2.05, 4.69) is 95.1 Å². The lowest BCUT2D eigenvalue weighted by Crippen LogP contribution is -2.20. The van der Waals surface area contributed by atoms with Crippen molar-refractivity contribution in [1.82, 2.24) is 13.7 Å². The highest BCUT2D eigenvalue weighted by Crippen LogP contribution is 2.36. The van der Waals surface area contributed by atoms with Gasteiger partial charge in [0.15, 0.2) is 0 Å². The molecule has 0 aliphatic carbocycles. The third kappa shape index (κ3) is 15.5. The third-order valence-corrected chi connectivity index (χ3v) is 14.0. The van der Waals surface area contributed by atoms with Gasteiger partial charge in [0.05, 0.1) is 54.7 Å². The standard InChI is InChI=1S/C25H17BrF3NO5.2C16H12BrNO4.BBr3.H2O/c1-34-18-8-6-17(7-9-18)30-12-20(26)19-10-14(13-31)11-21(22(19)23(30)32)35-24(33)15-2-4-16(5-3-15)25(27,28)29;1-22-11-4-2-9(3-5-11)18-8-13(17)12-6-10(19)7-14(20)15(12)16(18)21;17-13-7-18(10-1-3-11(20)4-2-10)16(22)15-12(13)5-9(8-19)6-14(15)21;2-1(3)4;/h2-12,31H,13H2,1H3;2-8,19-20H,1H3;1-7,19-21H,8H2;;1H2. The van der Waals surface area contributed by atoms with Crippen LogP contribution in [0.4, 0.5) is 13.2 Å². The molecule has 0 radical (unpaired) electrons. The molecule has 7 aromatic carbocycles. The Labute approximate surface area is 524 Å². The van der Waals surface area contributed by atoms with Crippen LogP contribution in [-0.4, -0.2) is 73.2 Å². The van der Waals surface area contributed by atoms with E-state index in [9.17, 15) is 63.0 Å². The summed E-state index contributed by atoms with van der Waals surface area (Å²) in [4.78, 5) is 51.5. The molecule has 0 aliphatic heterocycles. The predicted molar refractivity (Wildman–Crippen MR) is 336 cm³/mol. The fourth-order valence-corrected chi connectivity index (χ4v) is 9.73. The second kappa shape index (κ2) is 28.8. The summed E-state index contributed by atoms with van der Waals surface area (Å²) in [5, 5.41) is 59.6. The quantitative estimate of drug-likeness (QED) is 0.0447. The van der Waals surface area contributed by atoms with Gasteiger partial charge in [-0.05, 0) is 186 Å². The van der Waals surface area contributed by atoms with Crippen molar-refractivity contribution in [3.8, 4) is 57.3 Å². The summed E-state index contributed by atoms with van der Waals surface area (Å²) >= 11 is 19.5. The molecule has 436 valence electrons. The molecule has 0 aliphatic rings. The summed E-state index contributed by atoms with van der Waals surface area (Å²) in [6.45, 7) is -0.619. The maximum absolute atomic E-state index is 13.5. The average Bonchev–Trinajstić information content (AvgIpc) is 3.64. The number of carbonyl (C=O) groups is 1. The van der Waals surface area contributed by atoms with Gasteiger partial charge in [-0.1, -0.05) is 0 Å². The van der Waals surface area contributed by atoms with E-state index in [0.717, 1.165) is 30.3 Å². The second-order valence-electron chi connectivity index (χ2n) is 17.3. The molecule has 0 atom stereocenters. The number of rotatable bonds is 9. The predicted octanol–water partition coefficient (Wildman–Crippen LogP) is 12.7. The van der Waals surface area contributed by atoms with Crippen molar-refractivity contribution in [1.29, 1.82) is 0 Å². The Morgan fingerprint density at radius 2 is 0.893 bits per heavy atom. The van der Waals surface area contributed by atoms with Crippen molar-refractivity contribution >= 4 is 137 Å². The fourth-order valence-electron chi connectivity index (χ4n) is 8.18. The molecule has 8 N–H and O–H groups in total. The Kier molecular flexibility index (Phi) is 22.7. The molecule has 0 spiro atoms. The molecule has 0 fully saturated rings. The first-order valence-electron chi connectivity index (χ1n) is 23.7. The first-order chi connectivity index (χ1) is 39.4. The molecule has 0 amide bonds. The van der Waals surface area contributed by atoms with Crippen LogP contribution >= 0.6 is 95.1 Å². The number of aliphatic hydroxyl groups excluding tert-OH is 2. The topological polar surface area (TPSA) is 264 Å². The Morgan fingerprint density at radius 3 is 1.30 bits per heavy atom. The van der Waals surface area contributed by atoms with E-state index in [4.69, 9.17) is 14.2 Å². The van der Waals surface area contributed by atoms with Gasteiger partial charge in [0.1, 0.15) is 40.2 Å². The second-order valence-corrected chi connectivity index (χ2v) is 26.3. The number of nitrogens with zero attached hydrogens (tertiary/aromatic N) is 3. The number of halogens is 9. The Morgan fingerprint density at radius 1 is 0.524 bits per heavy atom. The number of pyridine rings is 3. The summed E-state index contributed by atoms with van der Waals surface area (Å²) in [5.41, 5.74) is 0.308. The number of aromatic nitrogens is 3. The maximum atomic E-state index is 13.5. The van der Waals surface area contributed by atoms with Gasteiger partial charge in [0, 0.05) is 71.3 Å². The summed E-state index contributed by atoms with van der Waals surface area (Å²) in [6.07, 6.45) is 0.199. The van der Waals surface area contributed by atoms with Crippen LogP contribution in [0.1, 0.15) is 27.0 Å².